The molecule has 0 spiro atoms. The predicted molar refractivity (Wildman–Crippen MR) is 77.9 cm³/mol. The van der Waals surface area contributed by atoms with Gasteiger partial charge in [0.05, 0.1) is 6.61 Å². The zero-order valence-corrected chi connectivity index (χ0v) is 13.3. The number of nitrogens with one attached hydrogen (secondary N) is 1. The molecule has 1 rings (SSSR count). The Balaban J connectivity index is 2.70. The Morgan fingerprint density at radius 3 is 2.78 bits per heavy atom. The fraction of sp³-hybridized carbons (Fsp3) is 0.583. The van der Waals surface area contributed by atoms with Crippen LogP contribution in [0.4, 0.5) is 0 Å². The van der Waals surface area contributed by atoms with Gasteiger partial charge in [-0.3, -0.25) is 5.32 Å². The molecule has 0 saturated carbocycles. The van der Waals surface area contributed by atoms with Crippen molar-refractivity contribution in [1.29, 1.82) is 0 Å². The molecule has 0 bridgehead atoms. The second-order valence-electron chi connectivity index (χ2n) is 4.12. The molecule has 1 N–H and O–H groups in total. The Morgan fingerprint density at radius 2 is 2.28 bits per heavy atom. The van der Waals surface area contributed by atoms with Crippen LogP contribution in [0.25, 0.3) is 0 Å². The van der Waals surface area contributed by atoms with Crippen LogP contribution in [-0.4, -0.2) is 44.7 Å². The minimum Gasteiger partial charge on any atom is -0.465 e. The van der Waals surface area contributed by atoms with Crippen LogP contribution in [0.5, 0.6) is 0 Å². The van der Waals surface area contributed by atoms with Gasteiger partial charge < -0.3 is 9.64 Å². The van der Waals surface area contributed by atoms with E-state index in [0.717, 1.165) is 23.1 Å². The van der Waals surface area contributed by atoms with Crippen LogP contribution in [0.3, 0.4) is 0 Å². The van der Waals surface area contributed by atoms with Crippen molar-refractivity contribution in [2.24, 2.45) is 0 Å². The maximum Gasteiger partial charge on any atom is 0.327 e. The number of likely N-dealkylation sites (N-methyl/N-ethyl adjacent to an activating group) is 1. The zero-order valence-electron chi connectivity index (χ0n) is 10.9. The van der Waals surface area contributed by atoms with Gasteiger partial charge >= 0.3 is 5.97 Å². The highest BCUT2D eigenvalue weighted by atomic mass is 79.9. The van der Waals surface area contributed by atoms with Crippen LogP contribution in [-0.2, 0) is 9.53 Å². The second kappa shape index (κ2) is 7.89. The smallest absolute Gasteiger partial charge is 0.327 e. The van der Waals surface area contributed by atoms with Gasteiger partial charge in [-0.25, -0.2) is 4.79 Å². The Labute approximate surface area is 120 Å². The second-order valence-corrected chi connectivity index (χ2v) is 5.72. The number of carbonyl (C=O) groups is 1. The summed E-state index contributed by atoms with van der Waals surface area (Å²) in [6.07, 6.45) is 0. The van der Waals surface area contributed by atoms with E-state index < -0.39 is 6.04 Å². The molecular formula is C12H19BrN2O2S. The van der Waals surface area contributed by atoms with Crippen molar-refractivity contribution in [3.05, 3.63) is 20.8 Å². The summed E-state index contributed by atoms with van der Waals surface area (Å²) in [4.78, 5) is 14.0. The fourth-order valence-electron chi connectivity index (χ4n) is 1.48. The van der Waals surface area contributed by atoms with E-state index in [-0.39, 0.29) is 5.97 Å². The largest absolute Gasteiger partial charge is 0.465 e. The molecule has 0 amide bonds. The minimum absolute atomic E-state index is 0.227. The van der Waals surface area contributed by atoms with Crippen molar-refractivity contribution < 1.29 is 9.53 Å². The molecule has 18 heavy (non-hydrogen) atoms. The summed E-state index contributed by atoms with van der Waals surface area (Å²) >= 11 is 5.02. The summed E-state index contributed by atoms with van der Waals surface area (Å²) in [5, 5.41) is 7.17. The number of ether oxygens (including phenoxy) is 1. The number of carbonyl (C=O) groups excluding carboxylic acids is 1. The quantitative estimate of drug-likeness (QED) is 0.776. The summed E-state index contributed by atoms with van der Waals surface area (Å²) in [6.45, 7) is 3.82. The molecule has 6 heteroatoms. The van der Waals surface area contributed by atoms with E-state index in [0.29, 0.717) is 6.61 Å². The van der Waals surface area contributed by atoms with Crippen LogP contribution in [0.15, 0.2) is 15.2 Å². The first-order chi connectivity index (χ1) is 8.56. The van der Waals surface area contributed by atoms with Crippen LogP contribution in [0.2, 0.25) is 0 Å². The van der Waals surface area contributed by atoms with E-state index in [1.54, 1.807) is 11.3 Å². The van der Waals surface area contributed by atoms with E-state index >= 15 is 0 Å². The van der Waals surface area contributed by atoms with Gasteiger partial charge in [-0.2, -0.15) is 11.3 Å². The zero-order chi connectivity index (χ0) is 13.5. The summed E-state index contributed by atoms with van der Waals surface area (Å²) in [5.41, 5.74) is 0.942. The lowest BCUT2D eigenvalue weighted by Crippen LogP contribution is -2.34. The maximum absolute atomic E-state index is 12.0. The topological polar surface area (TPSA) is 41.6 Å². The molecule has 0 aromatic carbocycles. The predicted octanol–water partition coefficient (Wildman–Crippen LogP) is 2.27. The van der Waals surface area contributed by atoms with Crippen LogP contribution in [0, 0.1) is 0 Å². The Bertz CT molecular complexity index is 382. The summed E-state index contributed by atoms with van der Waals surface area (Å²) < 4.78 is 6.06. The molecule has 0 aliphatic carbocycles. The number of hydrogen-bond donors (Lipinski definition) is 1. The molecule has 0 aliphatic heterocycles. The number of nitrogens with zero attached hydrogens (tertiary/aromatic N) is 1. The lowest BCUT2D eigenvalue weighted by molar-refractivity contribution is -0.145. The average molecular weight is 335 g/mol. The molecular weight excluding hydrogens is 316 g/mol. The molecule has 0 aliphatic rings. The molecule has 1 aromatic heterocycles. The van der Waals surface area contributed by atoms with Crippen molar-refractivity contribution in [3.63, 3.8) is 0 Å². The molecule has 0 saturated heterocycles. The van der Waals surface area contributed by atoms with Gasteiger partial charge in [0.1, 0.15) is 6.04 Å². The number of thiophene rings is 1. The van der Waals surface area contributed by atoms with Crippen molar-refractivity contribution in [2.75, 3.05) is 33.8 Å². The number of halogens is 1. The van der Waals surface area contributed by atoms with E-state index in [9.17, 15) is 4.79 Å². The lowest BCUT2D eigenvalue weighted by Gasteiger charge is -2.18. The van der Waals surface area contributed by atoms with Crippen LogP contribution in [0.1, 0.15) is 18.5 Å². The summed E-state index contributed by atoms with van der Waals surface area (Å²) in [6, 6.07) is -0.398. The van der Waals surface area contributed by atoms with E-state index in [1.165, 1.54) is 0 Å². The summed E-state index contributed by atoms with van der Waals surface area (Å²) in [5.74, 6) is -0.227. The average Bonchev–Trinajstić information content (AvgIpc) is 2.71. The number of hydrogen-bond acceptors (Lipinski definition) is 5. The standard InChI is InChI=1S/C12H19BrN2O2S/c1-4-17-12(16)11(14-5-6-15(2)3)9-7-18-8-10(9)13/h7-8,11,14H,4-6H2,1-3H3. The highest BCUT2D eigenvalue weighted by molar-refractivity contribution is 9.10. The van der Waals surface area contributed by atoms with Gasteiger partial charge in [0.15, 0.2) is 0 Å². The van der Waals surface area contributed by atoms with Crippen molar-refractivity contribution in [2.45, 2.75) is 13.0 Å². The van der Waals surface area contributed by atoms with Gasteiger partial charge in [0.25, 0.3) is 0 Å². The lowest BCUT2D eigenvalue weighted by atomic mass is 10.1. The molecule has 102 valence electrons. The number of esters is 1. The first kappa shape index (κ1) is 15.6. The van der Waals surface area contributed by atoms with Crippen molar-refractivity contribution in [3.8, 4) is 0 Å². The molecule has 4 nitrogen and oxygen atoms in total. The van der Waals surface area contributed by atoms with Gasteiger partial charge in [-0.1, -0.05) is 0 Å². The Kier molecular flexibility index (Phi) is 6.85. The van der Waals surface area contributed by atoms with Gasteiger partial charge in [-0.05, 0) is 42.3 Å². The Hall–Kier alpha value is -0.430. The molecule has 1 heterocycles. The third-order valence-corrected chi connectivity index (χ3v) is 4.13. The molecule has 0 fully saturated rings. The molecule has 1 atom stereocenters. The third-order valence-electron chi connectivity index (χ3n) is 2.38. The van der Waals surface area contributed by atoms with E-state index in [4.69, 9.17) is 4.74 Å². The minimum atomic E-state index is -0.398. The SMILES string of the molecule is CCOC(=O)C(NCCN(C)C)c1cscc1Br. The highest BCUT2D eigenvalue weighted by Gasteiger charge is 2.24. The van der Waals surface area contributed by atoms with Gasteiger partial charge in [0, 0.05) is 28.5 Å². The van der Waals surface area contributed by atoms with Gasteiger partial charge in [-0.15, -0.1) is 0 Å². The van der Waals surface area contributed by atoms with Crippen LogP contribution >= 0.6 is 27.3 Å². The normalized spacial score (nSPS) is 12.7. The van der Waals surface area contributed by atoms with Crippen molar-refractivity contribution >= 4 is 33.2 Å². The first-order valence-corrected chi connectivity index (χ1v) is 7.56. The number of rotatable bonds is 7. The third kappa shape index (κ3) is 4.68. The monoisotopic (exact) mass is 334 g/mol. The first-order valence-electron chi connectivity index (χ1n) is 5.82. The highest BCUT2D eigenvalue weighted by Crippen LogP contribution is 2.28. The van der Waals surface area contributed by atoms with Crippen molar-refractivity contribution in [1.82, 2.24) is 10.2 Å². The molecule has 0 radical (unpaired) electrons. The van der Waals surface area contributed by atoms with Gasteiger partial charge in [0.2, 0.25) is 0 Å². The molecule has 1 unspecified atom stereocenters. The summed E-state index contributed by atoms with van der Waals surface area (Å²) in [7, 11) is 4.00. The van der Waals surface area contributed by atoms with E-state index in [2.05, 4.69) is 26.1 Å². The Morgan fingerprint density at radius 1 is 1.56 bits per heavy atom. The van der Waals surface area contributed by atoms with Crippen LogP contribution < -0.4 is 5.32 Å². The maximum atomic E-state index is 12.0. The van der Waals surface area contributed by atoms with E-state index in [1.807, 2.05) is 31.8 Å². The fourth-order valence-corrected chi connectivity index (χ4v) is 3.03. The molecule has 1 aromatic rings.